The summed E-state index contributed by atoms with van der Waals surface area (Å²) in [4.78, 5) is 10.3. The number of hydrogen-bond acceptors (Lipinski definition) is 1. The van der Waals surface area contributed by atoms with Gasteiger partial charge in [0.15, 0.2) is 6.29 Å². The summed E-state index contributed by atoms with van der Waals surface area (Å²) in [5.74, 6) is -0.535. The zero-order valence-corrected chi connectivity index (χ0v) is 6.65. The number of rotatable bonds is 1. The largest absolute Gasteiger partial charge is 0.298 e. The fourth-order valence-electron chi connectivity index (χ4n) is 0.786. The normalized spacial score (nSPS) is 9.64. The van der Waals surface area contributed by atoms with Gasteiger partial charge in [-0.15, -0.1) is 0 Å². The van der Waals surface area contributed by atoms with E-state index in [0.717, 1.165) is 0 Å². The Morgan fingerprint density at radius 3 is 2.64 bits per heavy atom. The lowest BCUT2D eigenvalue weighted by molar-refractivity contribution is 0.112. The average Bonchev–Trinajstić information content (AvgIpc) is 1.99. The summed E-state index contributed by atoms with van der Waals surface area (Å²) >= 11 is 5.53. The van der Waals surface area contributed by atoms with Gasteiger partial charge in [-0.2, -0.15) is 0 Å². The van der Waals surface area contributed by atoms with Crippen molar-refractivity contribution >= 4 is 31.2 Å². The molecule has 1 nitrogen and oxygen atoms in total. The highest BCUT2D eigenvalue weighted by Crippen LogP contribution is 2.14. The first-order chi connectivity index (χ1) is 5.16. The van der Waals surface area contributed by atoms with E-state index in [1.807, 2.05) is 0 Å². The molecule has 0 unspecified atom stereocenters. The van der Waals surface area contributed by atoms with Crippen molar-refractivity contribution in [3.05, 3.63) is 28.5 Å². The molecule has 4 heteroatoms. The molecule has 0 aliphatic rings. The summed E-state index contributed by atoms with van der Waals surface area (Å²) in [6.07, 6.45) is 0.421. The quantitative estimate of drug-likeness (QED) is 0.444. The van der Waals surface area contributed by atoms with Crippen LogP contribution in [0.25, 0.3) is 0 Å². The molecule has 56 valence electrons. The molecule has 0 saturated heterocycles. The van der Waals surface area contributed by atoms with Gasteiger partial charge in [-0.3, -0.25) is 4.79 Å². The molecule has 0 radical (unpaired) electrons. The summed E-state index contributed by atoms with van der Waals surface area (Å²) in [7, 11) is 1.58. The smallest absolute Gasteiger partial charge is 0.154 e. The molecule has 0 aromatic heterocycles. The second-order valence-corrected chi connectivity index (χ2v) is 2.62. The number of hydrogen-bond donors (Lipinski definition) is 0. The van der Waals surface area contributed by atoms with E-state index in [1.165, 1.54) is 12.1 Å². The molecule has 0 bridgehead atoms. The fourth-order valence-corrected chi connectivity index (χ4v) is 0.977. The van der Waals surface area contributed by atoms with Crippen molar-refractivity contribution in [1.29, 1.82) is 0 Å². The maximum atomic E-state index is 12.9. The molecule has 0 aliphatic heterocycles. The lowest BCUT2D eigenvalue weighted by Gasteiger charge is -2.00. The van der Waals surface area contributed by atoms with E-state index in [2.05, 4.69) is 0 Å². The monoisotopic (exact) mass is 170 g/mol. The fraction of sp³-hybridized carbons (Fsp3) is 0. The summed E-state index contributed by atoms with van der Waals surface area (Å²) in [6, 6.07) is 3.04. The van der Waals surface area contributed by atoms with Crippen LogP contribution in [0.4, 0.5) is 4.39 Å². The summed E-state index contributed by atoms with van der Waals surface area (Å²) in [5, 5.41) is 0.156. The predicted molar refractivity (Wildman–Crippen MR) is 45.0 cm³/mol. The predicted octanol–water partition coefficient (Wildman–Crippen LogP) is 0.550. The highest BCUT2D eigenvalue weighted by Gasteiger charge is 2.07. The second kappa shape index (κ2) is 3.05. The molecular weight excluding hydrogens is 165 g/mol. The molecule has 0 atom stereocenters. The number of carbonyl (C=O) groups is 1. The minimum Gasteiger partial charge on any atom is -0.298 e. The maximum Gasteiger partial charge on any atom is 0.154 e. The van der Waals surface area contributed by atoms with Gasteiger partial charge in [0.05, 0.1) is 10.6 Å². The lowest BCUT2D eigenvalue weighted by Crippen LogP contribution is -2.11. The minimum absolute atomic E-state index is 0.0633. The van der Waals surface area contributed by atoms with Crippen LogP contribution in [0.3, 0.4) is 0 Å². The molecule has 1 aromatic rings. The van der Waals surface area contributed by atoms with Crippen LogP contribution in [-0.4, -0.2) is 14.1 Å². The molecular formula is C7H5BClFO. The first kappa shape index (κ1) is 8.27. The van der Waals surface area contributed by atoms with Gasteiger partial charge in [-0.05, 0) is 6.07 Å². The van der Waals surface area contributed by atoms with E-state index < -0.39 is 5.82 Å². The summed E-state index contributed by atoms with van der Waals surface area (Å²) < 4.78 is 12.9. The van der Waals surface area contributed by atoms with Gasteiger partial charge in [0.1, 0.15) is 13.7 Å². The number of aldehydes is 1. The van der Waals surface area contributed by atoms with Gasteiger partial charge in [0, 0.05) is 0 Å². The molecule has 0 amide bonds. The summed E-state index contributed by atoms with van der Waals surface area (Å²) in [5.41, 5.74) is 0.364. The van der Waals surface area contributed by atoms with Gasteiger partial charge in [-0.1, -0.05) is 23.1 Å². The van der Waals surface area contributed by atoms with Gasteiger partial charge in [0.25, 0.3) is 0 Å². The molecule has 0 heterocycles. The zero-order chi connectivity index (χ0) is 8.43. The molecule has 0 aliphatic carbocycles. The van der Waals surface area contributed by atoms with Gasteiger partial charge in [0.2, 0.25) is 0 Å². The minimum atomic E-state index is -0.535. The van der Waals surface area contributed by atoms with E-state index in [4.69, 9.17) is 11.6 Å². The molecule has 0 spiro atoms. The third-order valence-electron chi connectivity index (χ3n) is 1.44. The van der Waals surface area contributed by atoms with Crippen molar-refractivity contribution in [2.45, 2.75) is 0 Å². The maximum absolute atomic E-state index is 12.9. The molecule has 0 fully saturated rings. The molecule has 1 aromatic carbocycles. The first-order valence-electron chi connectivity index (χ1n) is 3.06. The van der Waals surface area contributed by atoms with Crippen LogP contribution in [-0.2, 0) is 0 Å². The van der Waals surface area contributed by atoms with Crippen LogP contribution in [0.1, 0.15) is 10.4 Å². The van der Waals surface area contributed by atoms with Crippen LogP contribution < -0.4 is 5.46 Å². The Balaban J connectivity index is 3.40. The Morgan fingerprint density at radius 1 is 1.55 bits per heavy atom. The molecule has 1 rings (SSSR count). The number of carbonyl (C=O) groups excluding carboxylic acids is 1. The second-order valence-electron chi connectivity index (χ2n) is 2.21. The Labute approximate surface area is 69.6 Å². The first-order valence-corrected chi connectivity index (χ1v) is 3.44. The van der Waals surface area contributed by atoms with Gasteiger partial charge < -0.3 is 0 Å². The Morgan fingerprint density at radius 2 is 2.18 bits per heavy atom. The van der Waals surface area contributed by atoms with Crippen LogP contribution in [0.2, 0.25) is 5.02 Å². The third kappa shape index (κ3) is 1.43. The highest BCUT2D eigenvalue weighted by atomic mass is 35.5. The Bertz CT molecular complexity index is 301. The zero-order valence-electron chi connectivity index (χ0n) is 5.90. The third-order valence-corrected chi connectivity index (χ3v) is 1.77. The van der Waals surface area contributed by atoms with Crippen molar-refractivity contribution in [1.82, 2.24) is 0 Å². The van der Waals surface area contributed by atoms with Crippen molar-refractivity contribution in [3.63, 3.8) is 0 Å². The SMILES string of the molecule is Bc1ccc(Cl)c(C=O)c1F. The van der Waals surface area contributed by atoms with E-state index in [9.17, 15) is 9.18 Å². The van der Waals surface area contributed by atoms with Gasteiger partial charge in [-0.25, -0.2) is 4.39 Å². The number of benzene rings is 1. The van der Waals surface area contributed by atoms with Crippen LogP contribution in [0, 0.1) is 5.82 Å². The molecule has 11 heavy (non-hydrogen) atoms. The number of halogens is 2. The van der Waals surface area contributed by atoms with Crippen LogP contribution in [0.5, 0.6) is 0 Å². The van der Waals surface area contributed by atoms with E-state index in [-0.39, 0.29) is 10.6 Å². The average molecular weight is 170 g/mol. The molecule has 0 N–H and O–H groups in total. The van der Waals surface area contributed by atoms with Crippen LogP contribution >= 0.6 is 11.6 Å². The van der Waals surface area contributed by atoms with Crippen molar-refractivity contribution in [2.75, 3.05) is 0 Å². The Kier molecular flexibility index (Phi) is 2.30. The van der Waals surface area contributed by atoms with Crippen LogP contribution in [0.15, 0.2) is 12.1 Å². The standard InChI is InChI=1S/C7H5BClFO/c8-5-1-2-6(9)4(3-11)7(5)10/h1-3H,8H2. The van der Waals surface area contributed by atoms with E-state index >= 15 is 0 Å². The topological polar surface area (TPSA) is 17.1 Å². The highest BCUT2D eigenvalue weighted by molar-refractivity contribution is 6.36. The van der Waals surface area contributed by atoms with E-state index in [0.29, 0.717) is 11.7 Å². The van der Waals surface area contributed by atoms with Crippen molar-refractivity contribution in [3.8, 4) is 0 Å². The van der Waals surface area contributed by atoms with Gasteiger partial charge >= 0.3 is 0 Å². The van der Waals surface area contributed by atoms with E-state index in [1.54, 1.807) is 7.85 Å². The van der Waals surface area contributed by atoms with Crippen molar-refractivity contribution < 1.29 is 9.18 Å². The summed E-state index contributed by atoms with van der Waals surface area (Å²) in [6.45, 7) is 0. The molecule has 0 saturated carbocycles. The lowest BCUT2D eigenvalue weighted by atomic mass is 9.94. The Hall–Kier alpha value is -0.825. The van der Waals surface area contributed by atoms with Crippen molar-refractivity contribution in [2.24, 2.45) is 0 Å².